The van der Waals surface area contributed by atoms with Crippen LogP contribution in [0.25, 0.3) is 0 Å². The highest BCUT2D eigenvalue weighted by atomic mass is 16.2. The molecule has 0 fully saturated rings. The molecule has 0 radical (unpaired) electrons. The maximum Gasteiger partial charge on any atom is 0.272 e. The van der Waals surface area contributed by atoms with E-state index in [4.69, 9.17) is 0 Å². The maximum absolute atomic E-state index is 12.8. The summed E-state index contributed by atoms with van der Waals surface area (Å²) in [5.74, 6) is 0.384. The Morgan fingerprint density at radius 1 is 0.923 bits per heavy atom. The lowest BCUT2D eigenvalue weighted by molar-refractivity contribution is 0.0779. The van der Waals surface area contributed by atoms with Gasteiger partial charge in [-0.25, -0.2) is 9.97 Å². The van der Waals surface area contributed by atoms with Gasteiger partial charge >= 0.3 is 0 Å². The number of para-hydroxylation sites is 1. The molecule has 1 amide bonds. The van der Waals surface area contributed by atoms with Crippen molar-refractivity contribution in [2.45, 2.75) is 13.5 Å². The Morgan fingerprint density at radius 2 is 1.54 bits per heavy atom. The molecule has 3 aromatic rings. The van der Waals surface area contributed by atoms with Gasteiger partial charge in [0.2, 0.25) is 5.95 Å². The number of nitrogens with zero attached hydrogens (tertiary/aromatic N) is 4. The Kier molecular flexibility index (Phi) is 5.27. The van der Waals surface area contributed by atoms with E-state index in [-0.39, 0.29) is 5.91 Å². The van der Waals surface area contributed by atoms with Crippen LogP contribution in [0.15, 0.2) is 66.7 Å². The molecule has 5 nitrogen and oxygen atoms in total. The molecular formula is C21H22N4O. The quantitative estimate of drug-likeness (QED) is 0.704. The number of benzene rings is 2. The smallest absolute Gasteiger partial charge is 0.272 e. The third kappa shape index (κ3) is 4.06. The topological polar surface area (TPSA) is 49.3 Å². The summed E-state index contributed by atoms with van der Waals surface area (Å²) in [6, 6.07) is 21.5. The van der Waals surface area contributed by atoms with Crippen molar-refractivity contribution in [3.05, 3.63) is 83.7 Å². The molecule has 0 bridgehead atoms. The van der Waals surface area contributed by atoms with E-state index in [0.717, 1.165) is 16.9 Å². The first-order chi connectivity index (χ1) is 12.5. The first-order valence-electron chi connectivity index (χ1n) is 8.48. The second-order valence-electron chi connectivity index (χ2n) is 6.24. The lowest BCUT2D eigenvalue weighted by Crippen LogP contribution is -2.28. The number of hydrogen-bond donors (Lipinski definition) is 0. The Labute approximate surface area is 153 Å². The minimum atomic E-state index is -0.123. The Hall–Kier alpha value is -3.21. The highest BCUT2D eigenvalue weighted by molar-refractivity contribution is 5.92. The number of anilines is 2. The molecule has 0 saturated heterocycles. The van der Waals surface area contributed by atoms with Crippen LogP contribution in [0.4, 0.5) is 11.6 Å². The highest BCUT2D eigenvalue weighted by Crippen LogP contribution is 2.20. The van der Waals surface area contributed by atoms with Crippen LogP contribution in [-0.2, 0) is 6.54 Å². The Balaban J connectivity index is 1.83. The third-order valence-corrected chi connectivity index (χ3v) is 4.11. The molecule has 0 N–H and O–H groups in total. The molecular weight excluding hydrogens is 324 g/mol. The van der Waals surface area contributed by atoms with Crippen LogP contribution in [0, 0.1) is 6.92 Å². The molecule has 0 aliphatic carbocycles. The van der Waals surface area contributed by atoms with Gasteiger partial charge in [0.1, 0.15) is 5.69 Å². The Bertz CT molecular complexity index is 881. The largest absolute Gasteiger partial charge is 0.336 e. The second-order valence-corrected chi connectivity index (χ2v) is 6.24. The zero-order valence-electron chi connectivity index (χ0n) is 15.3. The summed E-state index contributed by atoms with van der Waals surface area (Å²) in [7, 11) is 3.68. The van der Waals surface area contributed by atoms with Gasteiger partial charge in [-0.05, 0) is 30.7 Å². The lowest BCUT2D eigenvalue weighted by Gasteiger charge is -2.20. The van der Waals surface area contributed by atoms with E-state index in [0.29, 0.717) is 18.2 Å². The normalized spacial score (nSPS) is 10.4. The van der Waals surface area contributed by atoms with Crippen molar-refractivity contribution in [3.63, 3.8) is 0 Å². The SMILES string of the molecule is Cc1cc(C(=O)N(C)Cc2ccccc2)nc(N(C)c2ccccc2)n1. The first-order valence-corrected chi connectivity index (χ1v) is 8.48. The molecule has 5 heteroatoms. The molecule has 1 heterocycles. The molecule has 0 atom stereocenters. The predicted octanol–water partition coefficient (Wildman–Crippen LogP) is 3.83. The molecule has 0 aliphatic rings. The van der Waals surface area contributed by atoms with Crippen molar-refractivity contribution in [2.75, 3.05) is 19.0 Å². The van der Waals surface area contributed by atoms with Crippen LogP contribution in [0.3, 0.4) is 0 Å². The summed E-state index contributed by atoms with van der Waals surface area (Å²) in [4.78, 5) is 25.4. The van der Waals surface area contributed by atoms with Crippen molar-refractivity contribution in [2.24, 2.45) is 0 Å². The molecule has 3 rings (SSSR count). The number of aryl methyl sites for hydroxylation is 1. The monoisotopic (exact) mass is 346 g/mol. The van der Waals surface area contributed by atoms with Crippen molar-refractivity contribution in [1.29, 1.82) is 0 Å². The summed E-state index contributed by atoms with van der Waals surface area (Å²) in [6.45, 7) is 2.41. The molecule has 0 saturated carbocycles. The van der Waals surface area contributed by atoms with Crippen LogP contribution < -0.4 is 4.90 Å². The highest BCUT2D eigenvalue weighted by Gasteiger charge is 2.17. The van der Waals surface area contributed by atoms with E-state index in [9.17, 15) is 4.79 Å². The van der Waals surface area contributed by atoms with Gasteiger partial charge in [0.05, 0.1) is 0 Å². The summed E-state index contributed by atoms with van der Waals surface area (Å²) < 4.78 is 0. The lowest BCUT2D eigenvalue weighted by atomic mass is 10.2. The van der Waals surface area contributed by atoms with Crippen LogP contribution in [0.2, 0.25) is 0 Å². The van der Waals surface area contributed by atoms with E-state index in [1.54, 1.807) is 18.0 Å². The van der Waals surface area contributed by atoms with Gasteiger partial charge in [-0.15, -0.1) is 0 Å². The average molecular weight is 346 g/mol. The summed E-state index contributed by atoms with van der Waals surface area (Å²) in [5.41, 5.74) is 3.20. The van der Waals surface area contributed by atoms with Crippen molar-refractivity contribution in [1.82, 2.24) is 14.9 Å². The third-order valence-electron chi connectivity index (χ3n) is 4.11. The first kappa shape index (κ1) is 17.6. The van der Waals surface area contributed by atoms with E-state index in [2.05, 4.69) is 9.97 Å². The number of carbonyl (C=O) groups excluding carboxylic acids is 1. The fourth-order valence-corrected chi connectivity index (χ4v) is 2.70. The minimum absolute atomic E-state index is 0.123. The standard InChI is InChI=1S/C21H22N4O/c1-16-14-19(20(26)24(2)15-17-10-6-4-7-11-17)23-21(22-16)25(3)18-12-8-5-9-13-18/h4-14H,15H2,1-3H3. The van der Waals surface area contributed by atoms with Gasteiger partial charge in [-0.3, -0.25) is 4.79 Å². The zero-order valence-corrected chi connectivity index (χ0v) is 15.3. The summed E-state index contributed by atoms with van der Waals surface area (Å²) >= 11 is 0. The molecule has 132 valence electrons. The van der Waals surface area contributed by atoms with E-state index in [1.807, 2.05) is 79.5 Å². The number of carbonyl (C=O) groups is 1. The predicted molar refractivity (Wildman–Crippen MR) is 104 cm³/mol. The van der Waals surface area contributed by atoms with Crippen molar-refractivity contribution >= 4 is 17.5 Å². The van der Waals surface area contributed by atoms with Gasteiger partial charge in [-0.1, -0.05) is 48.5 Å². The van der Waals surface area contributed by atoms with Crippen molar-refractivity contribution < 1.29 is 4.79 Å². The number of hydrogen-bond acceptors (Lipinski definition) is 4. The van der Waals surface area contributed by atoms with E-state index >= 15 is 0 Å². The summed E-state index contributed by atoms with van der Waals surface area (Å²) in [5, 5.41) is 0. The fraction of sp³-hybridized carbons (Fsp3) is 0.190. The van der Waals surface area contributed by atoms with Gasteiger partial charge in [-0.2, -0.15) is 0 Å². The molecule has 0 spiro atoms. The van der Waals surface area contributed by atoms with Crippen LogP contribution in [0.5, 0.6) is 0 Å². The Morgan fingerprint density at radius 3 is 2.19 bits per heavy atom. The van der Waals surface area contributed by atoms with Crippen LogP contribution in [0.1, 0.15) is 21.7 Å². The summed E-state index contributed by atoms with van der Waals surface area (Å²) in [6.07, 6.45) is 0. The molecule has 2 aromatic carbocycles. The van der Waals surface area contributed by atoms with Crippen molar-refractivity contribution in [3.8, 4) is 0 Å². The van der Waals surface area contributed by atoms with Gasteiger partial charge < -0.3 is 9.80 Å². The minimum Gasteiger partial charge on any atom is -0.336 e. The molecule has 0 unspecified atom stereocenters. The molecule has 26 heavy (non-hydrogen) atoms. The molecule has 1 aromatic heterocycles. The van der Waals surface area contributed by atoms with Gasteiger partial charge in [0.15, 0.2) is 0 Å². The average Bonchev–Trinajstić information content (AvgIpc) is 2.67. The maximum atomic E-state index is 12.8. The van der Waals surface area contributed by atoms with E-state index < -0.39 is 0 Å². The van der Waals surface area contributed by atoms with E-state index in [1.165, 1.54) is 0 Å². The zero-order chi connectivity index (χ0) is 18.5. The fourth-order valence-electron chi connectivity index (χ4n) is 2.70. The molecule has 0 aliphatic heterocycles. The number of rotatable bonds is 5. The van der Waals surface area contributed by atoms with Gasteiger partial charge in [0.25, 0.3) is 5.91 Å². The van der Waals surface area contributed by atoms with Crippen LogP contribution >= 0.6 is 0 Å². The second kappa shape index (κ2) is 7.78. The van der Waals surface area contributed by atoms with Crippen LogP contribution in [-0.4, -0.2) is 34.9 Å². The number of aromatic nitrogens is 2. The number of amides is 1. The van der Waals surface area contributed by atoms with Gasteiger partial charge in [0, 0.05) is 32.0 Å².